The Morgan fingerprint density at radius 3 is 2.79 bits per heavy atom. The van der Waals surface area contributed by atoms with Crippen molar-refractivity contribution in [2.24, 2.45) is 0 Å². The van der Waals surface area contributed by atoms with Gasteiger partial charge in [0.15, 0.2) is 0 Å². The summed E-state index contributed by atoms with van der Waals surface area (Å²) >= 11 is 2.72. The van der Waals surface area contributed by atoms with E-state index in [0.29, 0.717) is 21.1 Å². The summed E-state index contributed by atoms with van der Waals surface area (Å²) in [5, 5.41) is 4.30. The summed E-state index contributed by atoms with van der Waals surface area (Å²) in [4.78, 5) is 33.0. The predicted octanol–water partition coefficient (Wildman–Crippen LogP) is 5.23. The number of aryl methyl sites for hydroxylation is 3. The molecule has 166 valence electrons. The van der Waals surface area contributed by atoms with Gasteiger partial charge in [-0.2, -0.15) is 0 Å². The van der Waals surface area contributed by atoms with Gasteiger partial charge < -0.3 is 15.8 Å². The van der Waals surface area contributed by atoms with Crippen LogP contribution in [0.1, 0.15) is 48.8 Å². The first-order valence-electron chi connectivity index (χ1n) is 10.9. The number of thiophene rings is 2. The van der Waals surface area contributed by atoms with E-state index in [9.17, 15) is 9.59 Å². The summed E-state index contributed by atoms with van der Waals surface area (Å²) in [6, 6.07) is 10.3. The van der Waals surface area contributed by atoms with Crippen molar-refractivity contribution in [2.75, 3.05) is 18.2 Å². The Morgan fingerprint density at radius 1 is 1.09 bits per heavy atom. The summed E-state index contributed by atoms with van der Waals surface area (Å²) in [6.07, 6.45) is 4.64. The predicted molar refractivity (Wildman–Crippen MR) is 133 cm³/mol. The van der Waals surface area contributed by atoms with Crippen LogP contribution in [0.4, 0.5) is 10.7 Å². The molecule has 6 nitrogen and oxygen atoms in total. The highest BCUT2D eigenvalue weighted by atomic mass is 32.1. The van der Waals surface area contributed by atoms with Gasteiger partial charge in [-0.05, 0) is 60.4 Å². The fraction of sp³-hybridized carbons (Fsp3) is 0.240. The summed E-state index contributed by atoms with van der Waals surface area (Å²) in [5.74, 6) is -0.766. The van der Waals surface area contributed by atoms with Gasteiger partial charge in [-0.1, -0.05) is 24.3 Å². The van der Waals surface area contributed by atoms with Crippen LogP contribution in [0, 0.1) is 0 Å². The van der Waals surface area contributed by atoms with Gasteiger partial charge >= 0.3 is 5.97 Å². The van der Waals surface area contributed by atoms with Crippen molar-refractivity contribution < 1.29 is 14.3 Å². The normalized spacial score (nSPS) is 14.0. The lowest BCUT2D eigenvalue weighted by molar-refractivity contribution is 0.0601. The van der Waals surface area contributed by atoms with Crippen molar-refractivity contribution in [2.45, 2.75) is 32.1 Å². The zero-order valence-electron chi connectivity index (χ0n) is 18.0. The molecule has 0 bridgehead atoms. The minimum atomic E-state index is -0.440. The van der Waals surface area contributed by atoms with Crippen LogP contribution < -0.4 is 11.1 Å². The average molecular weight is 476 g/mol. The molecule has 8 heteroatoms. The number of nitrogens with two attached hydrogens (primary N) is 1. The van der Waals surface area contributed by atoms with Gasteiger partial charge in [0, 0.05) is 16.0 Å². The number of fused-ring (bicyclic) bond motifs is 5. The largest absolute Gasteiger partial charge is 0.465 e. The van der Waals surface area contributed by atoms with Crippen LogP contribution in [0.2, 0.25) is 0 Å². The molecule has 0 radical (unpaired) electrons. The number of nitrogens with one attached hydrogen (secondary N) is 1. The Labute approximate surface area is 198 Å². The van der Waals surface area contributed by atoms with Gasteiger partial charge in [-0.25, -0.2) is 9.78 Å². The van der Waals surface area contributed by atoms with Crippen LogP contribution in [0.25, 0.3) is 20.7 Å². The summed E-state index contributed by atoms with van der Waals surface area (Å²) in [5.41, 5.74) is 12.9. The molecule has 2 aliphatic carbocycles. The molecule has 2 aliphatic rings. The molecule has 6 rings (SSSR count). The van der Waals surface area contributed by atoms with E-state index in [4.69, 9.17) is 15.5 Å². The Balaban J connectivity index is 1.41. The maximum absolute atomic E-state index is 13.3. The molecular formula is C25H21N3O3S2. The standard InChI is InChI=1S/C25H21N3O3S2/c1-31-25(30)18-15-10-9-12-5-2-3-7-14(12)20(15)32-24(18)28-22(29)21-19(26)16-11-13-6-4-8-17(13)27-23(16)33-21/h2-3,5,7,11H,4,6,8-10,26H2,1H3,(H,28,29). The Kier molecular flexibility index (Phi) is 4.74. The van der Waals surface area contributed by atoms with Crippen LogP contribution in [0.3, 0.4) is 0 Å². The van der Waals surface area contributed by atoms with E-state index in [1.165, 1.54) is 40.9 Å². The van der Waals surface area contributed by atoms with E-state index >= 15 is 0 Å². The third-order valence-electron chi connectivity index (χ3n) is 6.49. The molecule has 1 amide bonds. The van der Waals surface area contributed by atoms with E-state index in [-0.39, 0.29) is 5.91 Å². The molecule has 33 heavy (non-hydrogen) atoms. The molecule has 3 N–H and O–H groups in total. The fourth-order valence-corrected chi connectivity index (χ4v) is 7.16. The zero-order chi connectivity index (χ0) is 22.7. The van der Waals surface area contributed by atoms with Crippen molar-refractivity contribution >= 4 is 55.5 Å². The van der Waals surface area contributed by atoms with Crippen LogP contribution >= 0.6 is 22.7 Å². The summed E-state index contributed by atoms with van der Waals surface area (Å²) < 4.78 is 5.08. The van der Waals surface area contributed by atoms with E-state index in [1.807, 2.05) is 12.1 Å². The van der Waals surface area contributed by atoms with Gasteiger partial charge in [-0.3, -0.25) is 4.79 Å². The minimum Gasteiger partial charge on any atom is -0.465 e. The van der Waals surface area contributed by atoms with Crippen molar-refractivity contribution in [3.05, 3.63) is 63.2 Å². The number of amides is 1. The van der Waals surface area contributed by atoms with Crippen LogP contribution in [0.15, 0.2) is 30.3 Å². The number of anilines is 2. The van der Waals surface area contributed by atoms with E-state index in [2.05, 4.69) is 23.5 Å². The van der Waals surface area contributed by atoms with Gasteiger partial charge in [0.2, 0.25) is 0 Å². The van der Waals surface area contributed by atoms with Crippen molar-refractivity contribution in [3.8, 4) is 10.4 Å². The third kappa shape index (κ3) is 3.16. The van der Waals surface area contributed by atoms with E-state index in [0.717, 1.165) is 64.0 Å². The van der Waals surface area contributed by atoms with Gasteiger partial charge in [-0.15, -0.1) is 22.7 Å². The third-order valence-corrected chi connectivity index (χ3v) is 8.78. The number of benzene rings is 1. The molecule has 0 saturated carbocycles. The van der Waals surface area contributed by atoms with Gasteiger partial charge in [0.05, 0.1) is 18.4 Å². The Morgan fingerprint density at radius 2 is 1.94 bits per heavy atom. The van der Waals surface area contributed by atoms with Crippen LogP contribution in [-0.4, -0.2) is 24.0 Å². The number of nitrogen functional groups attached to an aromatic ring is 1. The van der Waals surface area contributed by atoms with Crippen molar-refractivity contribution in [1.29, 1.82) is 0 Å². The monoisotopic (exact) mass is 475 g/mol. The number of hydrogen-bond acceptors (Lipinski definition) is 7. The first-order chi connectivity index (χ1) is 16.0. The molecule has 4 aromatic rings. The maximum Gasteiger partial charge on any atom is 0.341 e. The maximum atomic E-state index is 13.3. The number of methoxy groups -OCH3 is 1. The molecule has 0 unspecified atom stereocenters. The molecule has 0 fully saturated rings. The lowest BCUT2D eigenvalue weighted by Gasteiger charge is -2.16. The second-order valence-corrected chi connectivity index (χ2v) is 10.4. The number of nitrogens with zero attached hydrogens (tertiary/aromatic N) is 1. The van der Waals surface area contributed by atoms with Gasteiger partial charge in [0.1, 0.15) is 14.7 Å². The first kappa shape index (κ1) is 20.4. The SMILES string of the molecule is COC(=O)c1c(NC(=O)c2sc3nc4c(cc3c2N)CCC4)sc2c1CCc1ccccc1-2. The number of esters is 1. The Bertz CT molecular complexity index is 1470. The first-order valence-corrected chi connectivity index (χ1v) is 12.5. The molecule has 3 aromatic heterocycles. The number of aromatic nitrogens is 1. The lowest BCUT2D eigenvalue weighted by atomic mass is 9.89. The van der Waals surface area contributed by atoms with Crippen molar-refractivity contribution in [1.82, 2.24) is 4.98 Å². The number of rotatable bonds is 3. The number of pyridine rings is 1. The topological polar surface area (TPSA) is 94.3 Å². The second-order valence-electron chi connectivity index (χ2n) is 8.36. The lowest BCUT2D eigenvalue weighted by Crippen LogP contribution is -2.15. The highest BCUT2D eigenvalue weighted by Crippen LogP contribution is 2.46. The number of ether oxygens (including phenoxy) is 1. The number of carbonyl (C=O) groups excluding carboxylic acids is 2. The quantitative estimate of drug-likeness (QED) is 0.396. The second kappa shape index (κ2) is 7.67. The summed E-state index contributed by atoms with van der Waals surface area (Å²) in [7, 11) is 1.36. The molecule has 0 atom stereocenters. The molecule has 0 spiro atoms. The molecule has 0 saturated heterocycles. The molecule has 3 heterocycles. The average Bonchev–Trinajstić information content (AvgIpc) is 3.52. The fourth-order valence-electron chi connectivity index (χ4n) is 4.87. The highest BCUT2D eigenvalue weighted by Gasteiger charge is 2.30. The number of carbonyl (C=O) groups is 2. The molecule has 0 aliphatic heterocycles. The van der Waals surface area contributed by atoms with Crippen LogP contribution in [-0.2, 0) is 30.4 Å². The Hall–Kier alpha value is -3.23. The highest BCUT2D eigenvalue weighted by molar-refractivity contribution is 7.22. The van der Waals surface area contributed by atoms with Gasteiger partial charge in [0.25, 0.3) is 5.91 Å². The smallest absolute Gasteiger partial charge is 0.341 e. The van der Waals surface area contributed by atoms with Crippen molar-refractivity contribution in [3.63, 3.8) is 0 Å². The van der Waals surface area contributed by atoms with E-state index < -0.39 is 5.97 Å². The minimum absolute atomic E-state index is 0.326. The summed E-state index contributed by atoms with van der Waals surface area (Å²) in [6.45, 7) is 0. The zero-order valence-corrected chi connectivity index (χ0v) is 19.6. The molecule has 1 aromatic carbocycles. The number of hydrogen-bond donors (Lipinski definition) is 2. The van der Waals surface area contributed by atoms with Crippen LogP contribution in [0.5, 0.6) is 0 Å². The van der Waals surface area contributed by atoms with E-state index in [1.54, 1.807) is 0 Å². The molecular weight excluding hydrogens is 454 g/mol.